The maximum atomic E-state index is 13.6. The molecular formula is C30H43N3O5S. The second-order valence-electron chi connectivity index (χ2n) is 10.4. The molecule has 1 fully saturated rings. The number of carbonyl (C=O) groups excluding carboxylic acids is 2. The number of aryl methyl sites for hydroxylation is 1. The van der Waals surface area contributed by atoms with E-state index in [0.29, 0.717) is 31.0 Å². The monoisotopic (exact) mass is 557 g/mol. The van der Waals surface area contributed by atoms with Crippen molar-refractivity contribution in [3.8, 4) is 5.75 Å². The van der Waals surface area contributed by atoms with Gasteiger partial charge in [0.2, 0.25) is 21.8 Å². The Hall–Kier alpha value is -3.07. The molecule has 0 saturated heterocycles. The van der Waals surface area contributed by atoms with Crippen LogP contribution in [0.1, 0.15) is 69.9 Å². The first kappa shape index (κ1) is 30.5. The van der Waals surface area contributed by atoms with E-state index in [1.54, 1.807) is 36.1 Å². The Morgan fingerprint density at radius 3 is 2.46 bits per heavy atom. The highest BCUT2D eigenvalue weighted by molar-refractivity contribution is 7.92. The molecule has 2 aromatic carbocycles. The Morgan fingerprint density at radius 1 is 1.08 bits per heavy atom. The van der Waals surface area contributed by atoms with Gasteiger partial charge in [0.15, 0.2) is 0 Å². The number of nitrogens with one attached hydrogen (secondary N) is 1. The van der Waals surface area contributed by atoms with E-state index in [9.17, 15) is 18.0 Å². The minimum atomic E-state index is -3.61. The number of carbonyl (C=O) groups is 2. The van der Waals surface area contributed by atoms with Crippen LogP contribution in [0.3, 0.4) is 0 Å². The van der Waals surface area contributed by atoms with Crippen LogP contribution in [0.4, 0.5) is 5.69 Å². The highest BCUT2D eigenvalue weighted by Gasteiger charge is 2.29. The molecule has 0 radical (unpaired) electrons. The minimum absolute atomic E-state index is 0.107. The summed E-state index contributed by atoms with van der Waals surface area (Å²) in [6.45, 7) is 6.44. The Balaban J connectivity index is 1.74. The highest BCUT2D eigenvalue weighted by atomic mass is 32.2. The number of hydrogen-bond acceptors (Lipinski definition) is 5. The van der Waals surface area contributed by atoms with Crippen molar-refractivity contribution in [3.63, 3.8) is 0 Å². The van der Waals surface area contributed by atoms with E-state index in [0.717, 1.165) is 43.1 Å². The van der Waals surface area contributed by atoms with Gasteiger partial charge in [-0.05, 0) is 57.7 Å². The van der Waals surface area contributed by atoms with Gasteiger partial charge in [-0.1, -0.05) is 61.2 Å². The molecule has 0 aromatic heterocycles. The van der Waals surface area contributed by atoms with Gasteiger partial charge in [-0.25, -0.2) is 8.42 Å². The summed E-state index contributed by atoms with van der Waals surface area (Å²) >= 11 is 0. The lowest BCUT2D eigenvalue weighted by molar-refractivity contribution is -0.141. The van der Waals surface area contributed by atoms with E-state index >= 15 is 0 Å². The van der Waals surface area contributed by atoms with Crippen molar-refractivity contribution in [2.24, 2.45) is 0 Å². The van der Waals surface area contributed by atoms with Crippen LogP contribution in [0.25, 0.3) is 0 Å². The fourth-order valence-electron chi connectivity index (χ4n) is 5.08. The molecule has 1 saturated carbocycles. The predicted molar refractivity (Wildman–Crippen MR) is 155 cm³/mol. The fourth-order valence-corrected chi connectivity index (χ4v) is 6.05. The largest absolute Gasteiger partial charge is 0.492 e. The Kier molecular flexibility index (Phi) is 11.2. The quantitative estimate of drug-likeness (QED) is 0.382. The first-order chi connectivity index (χ1) is 18.6. The van der Waals surface area contributed by atoms with Gasteiger partial charge in [0.1, 0.15) is 11.8 Å². The van der Waals surface area contributed by atoms with Crippen LogP contribution in [0.2, 0.25) is 0 Å². The smallest absolute Gasteiger partial charge is 0.242 e. The molecule has 0 bridgehead atoms. The Bertz CT molecular complexity index is 1210. The standard InChI is InChI=1S/C30H43N3O5S/c1-5-38-28-18-10-9-17-27(28)33(39(4,36)37)20-12-19-29(34)32(22-25-14-11-13-23(2)21-25)24(3)30(35)31-26-15-7-6-8-16-26/h9-11,13-14,17-18,21,24,26H,5-8,12,15-16,19-20,22H2,1-4H3,(H,31,35)/t24-/m0/s1. The lowest BCUT2D eigenvalue weighted by Gasteiger charge is -2.31. The molecule has 1 aliphatic rings. The number of hydrogen-bond donors (Lipinski definition) is 1. The van der Waals surface area contributed by atoms with Crippen molar-refractivity contribution in [2.75, 3.05) is 23.7 Å². The van der Waals surface area contributed by atoms with Crippen molar-refractivity contribution < 1.29 is 22.7 Å². The maximum Gasteiger partial charge on any atom is 0.242 e. The third kappa shape index (κ3) is 8.98. The molecule has 214 valence electrons. The Labute approximate surface area is 233 Å². The number of rotatable bonds is 13. The van der Waals surface area contributed by atoms with Gasteiger partial charge in [-0.3, -0.25) is 13.9 Å². The van der Waals surface area contributed by atoms with Crippen LogP contribution in [0.15, 0.2) is 48.5 Å². The number of anilines is 1. The summed E-state index contributed by atoms with van der Waals surface area (Å²) in [6, 6.07) is 14.4. The molecule has 1 N–H and O–H groups in total. The highest BCUT2D eigenvalue weighted by Crippen LogP contribution is 2.30. The summed E-state index contributed by atoms with van der Waals surface area (Å²) in [4.78, 5) is 28.4. The summed E-state index contributed by atoms with van der Waals surface area (Å²) in [5, 5.41) is 3.15. The molecule has 1 aliphatic carbocycles. The zero-order valence-corrected chi connectivity index (χ0v) is 24.5. The van der Waals surface area contributed by atoms with Crippen LogP contribution < -0.4 is 14.4 Å². The van der Waals surface area contributed by atoms with E-state index < -0.39 is 16.1 Å². The van der Waals surface area contributed by atoms with Crippen molar-refractivity contribution in [1.29, 1.82) is 0 Å². The zero-order chi connectivity index (χ0) is 28.4. The summed E-state index contributed by atoms with van der Waals surface area (Å²) in [6.07, 6.45) is 6.90. The van der Waals surface area contributed by atoms with Gasteiger partial charge in [-0.2, -0.15) is 0 Å². The summed E-state index contributed by atoms with van der Waals surface area (Å²) in [5.74, 6) is 0.145. The predicted octanol–water partition coefficient (Wildman–Crippen LogP) is 4.81. The first-order valence-corrected chi connectivity index (χ1v) is 15.8. The van der Waals surface area contributed by atoms with Crippen molar-refractivity contribution in [3.05, 3.63) is 59.7 Å². The lowest BCUT2D eigenvalue weighted by atomic mass is 9.95. The Morgan fingerprint density at radius 2 is 1.79 bits per heavy atom. The molecule has 2 aromatic rings. The zero-order valence-electron chi connectivity index (χ0n) is 23.7. The SMILES string of the molecule is CCOc1ccccc1N(CCCC(=O)N(Cc1cccc(C)c1)[C@@H](C)C(=O)NC1CCCCC1)S(C)(=O)=O. The average Bonchev–Trinajstić information content (AvgIpc) is 2.90. The van der Waals surface area contributed by atoms with Gasteiger partial charge in [-0.15, -0.1) is 0 Å². The first-order valence-electron chi connectivity index (χ1n) is 13.9. The van der Waals surface area contributed by atoms with Crippen LogP contribution >= 0.6 is 0 Å². The average molecular weight is 558 g/mol. The number of benzene rings is 2. The molecule has 3 rings (SSSR count). The summed E-state index contributed by atoms with van der Waals surface area (Å²) < 4.78 is 32.3. The normalized spacial score (nSPS) is 14.9. The molecule has 0 spiro atoms. The molecule has 39 heavy (non-hydrogen) atoms. The summed E-state index contributed by atoms with van der Waals surface area (Å²) in [5.41, 5.74) is 2.48. The summed E-state index contributed by atoms with van der Waals surface area (Å²) in [7, 11) is -3.61. The molecule has 1 atom stereocenters. The van der Waals surface area contributed by atoms with Crippen molar-refractivity contribution in [2.45, 2.75) is 84.3 Å². The molecule has 0 aliphatic heterocycles. The third-order valence-electron chi connectivity index (χ3n) is 7.14. The van der Waals surface area contributed by atoms with E-state index in [2.05, 4.69) is 5.32 Å². The van der Waals surface area contributed by atoms with Gasteiger partial charge < -0.3 is 15.0 Å². The second-order valence-corrected chi connectivity index (χ2v) is 12.3. The second kappa shape index (κ2) is 14.4. The molecule has 0 heterocycles. The van der Waals surface area contributed by atoms with Crippen LogP contribution in [-0.4, -0.2) is 56.6 Å². The number of nitrogens with zero attached hydrogens (tertiary/aromatic N) is 2. The van der Waals surface area contributed by atoms with Crippen LogP contribution in [0.5, 0.6) is 5.75 Å². The molecular weight excluding hydrogens is 514 g/mol. The van der Waals surface area contributed by atoms with E-state index in [1.807, 2.05) is 38.1 Å². The molecule has 0 unspecified atom stereocenters. The maximum absolute atomic E-state index is 13.6. The van der Waals surface area contributed by atoms with E-state index in [4.69, 9.17) is 4.74 Å². The third-order valence-corrected chi connectivity index (χ3v) is 8.32. The van der Waals surface area contributed by atoms with Gasteiger partial charge >= 0.3 is 0 Å². The topological polar surface area (TPSA) is 96.0 Å². The minimum Gasteiger partial charge on any atom is -0.492 e. The van der Waals surface area contributed by atoms with Gasteiger partial charge in [0.05, 0.1) is 18.6 Å². The van der Waals surface area contributed by atoms with Gasteiger partial charge in [0, 0.05) is 25.6 Å². The number of para-hydroxylation sites is 2. The number of amides is 2. The van der Waals surface area contributed by atoms with Crippen LogP contribution in [0, 0.1) is 6.92 Å². The molecule has 2 amide bonds. The molecule has 8 nitrogen and oxygen atoms in total. The number of ether oxygens (including phenoxy) is 1. The number of sulfonamides is 1. The molecule has 9 heteroatoms. The van der Waals surface area contributed by atoms with Crippen LogP contribution in [-0.2, 0) is 26.2 Å². The van der Waals surface area contributed by atoms with Crippen molar-refractivity contribution >= 4 is 27.5 Å². The lowest BCUT2D eigenvalue weighted by Crippen LogP contribution is -2.50. The van der Waals surface area contributed by atoms with Gasteiger partial charge in [0.25, 0.3) is 0 Å². The van der Waals surface area contributed by atoms with E-state index in [-0.39, 0.29) is 30.8 Å². The fraction of sp³-hybridized carbons (Fsp3) is 0.533. The van der Waals surface area contributed by atoms with E-state index in [1.165, 1.54) is 10.7 Å². The van der Waals surface area contributed by atoms with Crippen molar-refractivity contribution in [1.82, 2.24) is 10.2 Å².